The standard InChI is InChI=1S/C7H9Br3O2/c8-5-1-3-11-7(5)6(9,10)2-4-12-7/h5H,1-4H2/t5-,7+/m0/s1. The zero-order chi connectivity index (χ0) is 8.82. The summed E-state index contributed by atoms with van der Waals surface area (Å²) in [6.45, 7) is 1.49. The summed E-state index contributed by atoms with van der Waals surface area (Å²) in [6.07, 6.45) is 1.92. The summed E-state index contributed by atoms with van der Waals surface area (Å²) in [6, 6.07) is 0. The lowest BCUT2D eigenvalue weighted by Gasteiger charge is -2.34. The molecule has 12 heavy (non-hydrogen) atoms. The van der Waals surface area contributed by atoms with Crippen LogP contribution in [0.3, 0.4) is 0 Å². The molecule has 70 valence electrons. The van der Waals surface area contributed by atoms with Crippen LogP contribution in [-0.4, -0.2) is 27.1 Å². The Labute approximate surface area is 96.7 Å². The van der Waals surface area contributed by atoms with Crippen LogP contribution in [0, 0.1) is 0 Å². The SMILES string of the molecule is Br[C@H]1CCO[C@@]12OCCC2(Br)Br. The van der Waals surface area contributed by atoms with E-state index in [-0.39, 0.29) is 8.06 Å². The van der Waals surface area contributed by atoms with Crippen molar-refractivity contribution in [2.45, 2.75) is 26.7 Å². The first kappa shape index (κ1) is 9.90. The van der Waals surface area contributed by atoms with Crippen molar-refractivity contribution in [2.75, 3.05) is 13.2 Å². The van der Waals surface area contributed by atoms with Gasteiger partial charge in [-0.3, -0.25) is 0 Å². The fourth-order valence-corrected chi connectivity index (χ4v) is 4.46. The molecule has 1 spiro atoms. The highest BCUT2D eigenvalue weighted by Crippen LogP contribution is 2.55. The van der Waals surface area contributed by atoms with E-state index in [1.54, 1.807) is 0 Å². The van der Waals surface area contributed by atoms with E-state index in [2.05, 4.69) is 47.8 Å². The lowest BCUT2D eigenvalue weighted by molar-refractivity contribution is -0.174. The van der Waals surface area contributed by atoms with Crippen molar-refractivity contribution in [3.63, 3.8) is 0 Å². The first-order valence-electron chi connectivity index (χ1n) is 3.88. The maximum absolute atomic E-state index is 5.67. The number of ether oxygens (including phenoxy) is 2. The van der Waals surface area contributed by atoms with Gasteiger partial charge < -0.3 is 9.47 Å². The van der Waals surface area contributed by atoms with Gasteiger partial charge in [0.2, 0.25) is 5.79 Å². The minimum absolute atomic E-state index is 0.225. The zero-order valence-electron chi connectivity index (χ0n) is 6.36. The van der Waals surface area contributed by atoms with Crippen LogP contribution in [-0.2, 0) is 9.47 Å². The first-order valence-corrected chi connectivity index (χ1v) is 6.38. The molecule has 2 saturated heterocycles. The van der Waals surface area contributed by atoms with Crippen molar-refractivity contribution in [3.05, 3.63) is 0 Å². The first-order chi connectivity index (χ1) is 5.58. The van der Waals surface area contributed by atoms with Gasteiger partial charge >= 0.3 is 0 Å². The summed E-state index contributed by atoms with van der Waals surface area (Å²) in [7, 11) is 0. The molecule has 2 atom stereocenters. The van der Waals surface area contributed by atoms with E-state index in [1.807, 2.05) is 0 Å². The largest absolute Gasteiger partial charge is 0.347 e. The van der Waals surface area contributed by atoms with Crippen molar-refractivity contribution in [1.82, 2.24) is 0 Å². The van der Waals surface area contributed by atoms with Crippen LogP contribution in [0.4, 0.5) is 0 Å². The Morgan fingerprint density at radius 1 is 1.17 bits per heavy atom. The Hall–Kier alpha value is 1.36. The van der Waals surface area contributed by atoms with E-state index < -0.39 is 5.79 Å². The van der Waals surface area contributed by atoms with Crippen molar-refractivity contribution < 1.29 is 9.47 Å². The molecular weight excluding hydrogens is 356 g/mol. The topological polar surface area (TPSA) is 18.5 Å². The van der Waals surface area contributed by atoms with Crippen LogP contribution in [0.25, 0.3) is 0 Å². The molecule has 2 heterocycles. The summed E-state index contributed by atoms with van der Waals surface area (Å²) in [5.41, 5.74) is 0. The van der Waals surface area contributed by atoms with E-state index in [1.165, 1.54) is 0 Å². The van der Waals surface area contributed by atoms with Crippen LogP contribution in [0.1, 0.15) is 12.8 Å². The molecule has 5 heteroatoms. The molecule has 2 rings (SSSR count). The van der Waals surface area contributed by atoms with E-state index in [9.17, 15) is 0 Å². The minimum Gasteiger partial charge on any atom is -0.347 e. The second-order valence-electron chi connectivity index (χ2n) is 3.08. The van der Waals surface area contributed by atoms with Crippen molar-refractivity contribution in [1.29, 1.82) is 0 Å². The molecule has 2 aliphatic heterocycles. The van der Waals surface area contributed by atoms with Crippen LogP contribution < -0.4 is 0 Å². The number of halogens is 3. The molecule has 0 aromatic carbocycles. The van der Waals surface area contributed by atoms with Gasteiger partial charge in [-0.1, -0.05) is 47.8 Å². The van der Waals surface area contributed by atoms with Crippen molar-refractivity contribution in [2.24, 2.45) is 0 Å². The van der Waals surface area contributed by atoms with E-state index >= 15 is 0 Å². The van der Waals surface area contributed by atoms with Crippen molar-refractivity contribution >= 4 is 47.8 Å². The fraction of sp³-hybridized carbons (Fsp3) is 1.00. The van der Waals surface area contributed by atoms with Crippen molar-refractivity contribution in [3.8, 4) is 0 Å². The van der Waals surface area contributed by atoms with Gasteiger partial charge in [-0.25, -0.2) is 0 Å². The Morgan fingerprint density at radius 3 is 2.25 bits per heavy atom. The molecule has 0 N–H and O–H groups in total. The lowest BCUT2D eigenvalue weighted by atomic mass is 10.1. The highest BCUT2D eigenvalue weighted by atomic mass is 79.9. The van der Waals surface area contributed by atoms with E-state index in [0.29, 0.717) is 0 Å². The van der Waals surface area contributed by atoms with E-state index in [0.717, 1.165) is 26.1 Å². The smallest absolute Gasteiger partial charge is 0.206 e. The Balaban J connectivity index is 2.29. The van der Waals surface area contributed by atoms with Crippen LogP contribution in [0.15, 0.2) is 0 Å². The molecule has 2 aliphatic rings. The average molecular weight is 365 g/mol. The summed E-state index contributed by atoms with van der Waals surface area (Å²) in [5, 5.41) is 0. The van der Waals surface area contributed by atoms with Gasteiger partial charge in [-0.2, -0.15) is 0 Å². The molecule has 0 aromatic heterocycles. The molecule has 0 radical (unpaired) electrons. The quantitative estimate of drug-likeness (QED) is 0.615. The fourth-order valence-electron chi connectivity index (χ4n) is 1.67. The highest BCUT2D eigenvalue weighted by Gasteiger charge is 2.61. The molecular formula is C7H9Br3O2. The number of rotatable bonds is 0. The maximum atomic E-state index is 5.67. The van der Waals surface area contributed by atoms with Gasteiger partial charge in [0.15, 0.2) is 0 Å². The second kappa shape index (κ2) is 3.19. The molecule has 0 amide bonds. The molecule has 0 unspecified atom stereocenters. The molecule has 0 saturated carbocycles. The maximum Gasteiger partial charge on any atom is 0.206 e. The Morgan fingerprint density at radius 2 is 1.83 bits per heavy atom. The third-order valence-electron chi connectivity index (χ3n) is 2.34. The monoisotopic (exact) mass is 362 g/mol. The normalized spacial score (nSPS) is 45.8. The van der Waals surface area contributed by atoms with Gasteiger partial charge in [0.25, 0.3) is 0 Å². The summed E-state index contributed by atoms with van der Waals surface area (Å²) in [5.74, 6) is -0.507. The Bertz CT molecular complexity index is 193. The van der Waals surface area contributed by atoms with Gasteiger partial charge in [0.1, 0.15) is 3.23 Å². The van der Waals surface area contributed by atoms with Gasteiger partial charge in [0.05, 0.1) is 18.0 Å². The minimum atomic E-state index is -0.507. The zero-order valence-corrected chi connectivity index (χ0v) is 11.1. The summed E-state index contributed by atoms with van der Waals surface area (Å²) >= 11 is 10.8. The van der Waals surface area contributed by atoms with Crippen LogP contribution >= 0.6 is 47.8 Å². The molecule has 0 aliphatic carbocycles. The Kier molecular flexibility index (Phi) is 2.63. The molecule has 2 fully saturated rings. The summed E-state index contributed by atoms with van der Waals surface area (Å²) in [4.78, 5) is 0.270. The molecule has 0 aromatic rings. The number of hydrogen-bond acceptors (Lipinski definition) is 2. The second-order valence-corrected chi connectivity index (χ2v) is 7.95. The van der Waals surface area contributed by atoms with E-state index in [4.69, 9.17) is 9.47 Å². The summed E-state index contributed by atoms with van der Waals surface area (Å²) < 4.78 is 11.1. The molecule has 0 bridgehead atoms. The average Bonchev–Trinajstić information content (AvgIpc) is 2.45. The lowest BCUT2D eigenvalue weighted by Crippen LogP contribution is -2.47. The highest BCUT2D eigenvalue weighted by molar-refractivity contribution is 9.25. The van der Waals surface area contributed by atoms with Gasteiger partial charge in [-0.05, 0) is 6.42 Å². The van der Waals surface area contributed by atoms with Gasteiger partial charge in [0, 0.05) is 6.42 Å². The predicted molar refractivity (Wildman–Crippen MR) is 57.2 cm³/mol. The molecule has 2 nitrogen and oxygen atoms in total. The number of hydrogen-bond donors (Lipinski definition) is 0. The van der Waals surface area contributed by atoms with Crippen LogP contribution in [0.5, 0.6) is 0 Å². The third kappa shape index (κ3) is 1.24. The van der Waals surface area contributed by atoms with Crippen LogP contribution in [0.2, 0.25) is 0 Å². The van der Waals surface area contributed by atoms with Gasteiger partial charge in [-0.15, -0.1) is 0 Å². The third-order valence-corrected chi connectivity index (χ3v) is 5.30. The predicted octanol–water partition coefficient (Wildman–Crippen LogP) is 2.77. The number of alkyl halides is 3.